The molecule has 0 bridgehead atoms. The number of hydrogen-bond donors (Lipinski definition) is 0. The van der Waals surface area contributed by atoms with Crippen molar-refractivity contribution in [1.82, 2.24) is 24.5 Å². The zero-order valence-electron chi connectivity index (χ0n) is 14.8. The van der Waals surface area contributed by atoms with E-state index in [0.29, 0.717) is 24.3 Å². The normalized spacial score (nSPS) is 11.2. The summed E-state index contributed by atoms with van der Waals surface area (Å²) in [5, 5.41) is 8.19. The molecule has 0 fully saturated rings. The van der Waals surface area contributed by atoms with Gasteiger partial charge in [0.1, 0.15) is 6.33 Å². The van der Waals surface area contributed by atoms with Crippen LogP contribution < -0.4 is 5.56 Å². The van der Waals surface area contributed by atoms with E-state index in [9.17, 15) is 4.79 Å². The van der Waals surface area contributed by atoms with Gasteiger partial charge in [0.15, 0.2) is 11.2 Å². The van der Waals surface area contributed by atoms with Crippen molar-refractivity contribution in [3.05, 3.63) is 87.5 Å². The molecule has 2 aromatic carbocycles. The van der Waals surface area contributed by atoms with E-state index in [1.807, 2.05) is 50.2 Å². The Bertz CT molecular complexity index is 1110. The van der Waals surface area contributed by atoms with Crippen LogP contribution in [0, 0.1) is 13.8 Å². The molecule has 0 atom stereocenters. The van der Waals surface area contributed by atoms with Gasteiger partial charge in [-0.1, -0.05) is 64.9 Å². The van der Waals surface area contributed by atoms with Crippen molar-refractivity contribution < 1.29 is 0 Å². The Morgan fingerprint density at radius 1 is 0.846 bits per heavy atom. The van der Waals surface area contributed by atoms with Crippen molar-refractivity contribution in [2.75, 3.05) is 0 Å². The zero-order chi connectivity index (χ0) is 18.1. The van der Waals surface area contributed by atoms with Crippen molar-refractivity contribution in [1.29, 1.82) is 0 Å². The lowest BCUT2D eigenvalue weighted by Gasteiger charge is -2.06. The van der Waals surface area contributed by atoms with Gasteiger partial charge in [-0.05, 0) is 25.0 Å². The van der Waals surface area contributed by atoms with Gasteiger partial charge in [0, 0.05) is 0 Å². The molecule has 0 aliphatic heterocycles. The second-order valence-corrected chi connectivity index (χ2v) is 6.57. The summed E-state index contributed by atoms with van der Waals surface area (Å²) in [5.74, 6) is 0. The number of hydrogen-bond acceptors (Lipinski definition) is 4. The highest BCUT2D eigenvalue weighted by Gasteiger charge is 2.12. The van der Waals surface area contributed by atoms with Crippen molar-refractivity contribution in [3.63, 3.8) is 0 Å². The maximum Gasteiger partial charge on any atom is 0.283 e. The molecule has 0 amide bonds. The van der Waals surface area contributed by atoms with E-state index in [0.717, 1.165) is 11.1 Å². The van der Waals surface area contributed by atoms with Crippen LogP contribution in [0.15, 0.2) is 59.7 Å². The van der Waals surface area contributed by atoms with Gasteiger partial charge in [-0.3, -0.25) is 9.36 Å². The van der Waals surface area contributed by atoms with Gasteiger partial charge >= 0.3 is 0 Å². The lowest BCUT2D eigenvalue weighted by molar-refractivity contribution is 0.662. The van der Waals surface area contributed by atoms with E-state index in [1.54, 1.807) is 15.6 Å². The third-order valence-corrected chi connectivity index (χ3v) is 4.42. The molecule has 4 aromatic rings. The van der Waals surface area contributed by atoms with E-state index in [-0.39, 0.29) is 5.56 Å². The SMILES string of the molecule is Cc1ccc(Cn2cnc3c(nnn3Cc3ccc(C)cc3)c2=O)cc1. The molecule has 2 heterocycles. The molecule has 0 unspecified atom stereocenters. The Labute approximate surface area is 150 Å². The summed E-state index contributed by atoms with van der Waals surface area (Å²) in [6.45, 7) is 5.08. The fourth-order valence-electron chi connectivity index (χ4n) is 2.86. The molecule has 0 N–H and O–H groups in total. The van der Waals surface area contributed by atoms with Gasteiger partial charge < -0.3 is 0 Å². The first kappa shape index (κ1) is 16.2. The van der Waals surface area contributed by atoms with Crippen LogP contribution in [0.3, 0.4) is 0 Å². The molecule has 130 valence electrons. The molecule has 4 rings (SSSR count). The summed E-state index contributed by atoms with van der Waals surface area (Å²) in [6.07, 6.45) is 1.57. The first-order valence-corrected chi connectivity index (χ1v) is 8.50. The number of aryl methyl sites for hydroxylation is 2. The standard InChI is InChI=1S/C20H19N5O/c1-14-3-7-16(8-4-14)11-24-13-21-19-18(20(24)26)22-23-25(19)12-17-9-5-15(2)6-10-17/h3-10,13H,11-12H2,1-2H3. The van der Waals surface area contributed by atoms with Gasteiger partial charge in [-0.25, -0.2) is 9.67 Å². The smallest absolute Gasteiger partial charge is 0.283 e. The molecular formula is C20H19N5O. The minimum absolute atomic E-state index is 0.175. The molecule has 0 aliphatic rings. The van der Waals surface area contributed by atoms with Gasteiger partial charge in [0.05, 0.1) is 13.1 Å². The average molecular weight is 345 g/mol. The minimum atomic E-state index is -0.175. The fourth-order valence-corrected chi connectivity index (χ4v) is 2.86. The second-order valence-electron chi connectivity index (χ2n) is 6.57. The second kappa shape index (κ2) is 6.55. The first-order chi connectivity index (χ1) is 12.6. The maximum atomic E-state index is 12.7. The average Bonchev–Trinajstić information content (AvgIpc) is 3.05. The van der Waals surface area contributed by atoms with E-state index in [1.165, 1.54) is 11.1 Å². The van der Waals surface area contributed by atoms with Crippen LogP contribution in [-0.2, 0) is 13.1 Å². The quantitative estimate of drug-likeness (QED) is 0.570. The van der Waals surface area contributed by atoms with Gasteiger partial charge in [-0.15, -0.1) is 5.10 Å². The molecule has 0 aliphatic carbocycles. The van der Waals surface area contributed by atoms with Crippen LogP contribution in [-0.4, -0.2) is 24.5 Å². The predicted molar refractivity (Wildman–Crippen MR) is 100 cm³/mol. The summed E-state index contributed by atoms with van der Waals surface area (Å²) in [4.78, 5) is 17.1. The van der Waals surface area contributed by atoms with E-state index < -0.39 is 0 Å². The van der Waals surface area contributed by atoms with Crippen LogP contribution in [0.25, 0.3) is 11.2 Å². The molecular weight excluding hydrogens is 326 g/mol. The number of fused-ring (bicyclic) bond motifs is 1. The van der Waals surface area contributed by atoms with Crippen molar-refractivity contribution >= 4 is 11.2 Å². The third-order valence-electron chi connectivity index (χ3n) is 4.42. The Hall–Kier alpha value is -3.28. The Morgan fingerprint density at radius 3 is 2.04 bits per heavy atom. The third kappa shape index (κ3) is 3.13. The molecule has 0 saturated carbocycles. The Morgan fingerprint density at radius 2 is 1.42 bits per heavy atom. The molecule has 0 saturated heterocycles. The zero-order valence-corrected chi connectivity index (χ0v) is 14.8. The summed E-state index contributed by atoms with van der Waals surface area (Å²) >= 11 is 0. The highest BCUT2D eigenvalue weighted by molar-refractivity contribution is 5.67. The van der Waals surface area contributed by atoms with Crippen LogP contribution >= 0.6 is 0 Å². The van der Waals surface area contributed by atoms with Crippen LogP contribution in [0.2, 0.25) is 0 Å². The lowest BCUT2D eigenvalue weighted by Crippen LogP contribution is -2.21. The lowest BCUT2D eigenvalue weighted by atomic mass is 10.1. The van der Waals surface area contributed by atoms with Crippen molar-refractivity contribution in [2.24, 2.45) is 0 Å². The number of aromatic nitrogens is 5. The Kier molecular flexibility index (Phi) is 4.08. The highest BCUT2D eigenvalue weighted by atomic mass is 16.1. The minimum Gasteiger partial charge on any atom is -0.293 e. The van der Waals surface area contributed by atoms with Gasteiger partial charge in [0.25, 0.3) is 5.56 Å². The molecule has 0 spiro atoms. The van der Waals surface area contributed by atoms with Crippen LogP contribution in [0.5, 0.6) is 0 Å². The Balaban J connectivity index is 1.65. The van der Waals surface area contributed by atoms with Gasteiger partial charge in [0.2, 0.25) is 0 Å². The molecule has 6 heteroatoms. The van der Waals surface area contributed by atoms with Crippen molar-refractivity contribution in [3.8, 4) is 0 Å². The molecule has 6 nitrogen and oxygen atoms in total. The summed E-state index contributed by atoms with van der Waals surface area (Å²) in [5.41, 5.74) is 5.16. The van der Waals surface area contributed by atoms with E-state index >= 15 is 0 Å². The van der Waals surface area contributed by atoms with Gasteiger partial charge in [-0.2, -0.15) is 0 Å². The monoisotopic (exact) mass is 345 g/mol. The topological polar surface area (TPSA) is 65.6 Å². The molecule has 2 aromatic heterocycles. The number of nitrogens with zero attached hydrogens (tertiary/aromatic N) is 5. The van der Waals surface area contributed by atoms with E-state index in [2.05, 4.69) is 27.4 Å². The largest absolute Gasteiger partial charge is 0.293 e. The van der Waals surface area contributed by atoms with Crippen LogP contribution in [0.1, 0.15) is 22.3 Å². The summed E-state index contributed by atoms with van der Waals surface area (Å²) in [6, 6.07) is 16.3. The number of rotatable bonds is 4. The summed E-state index contributed by atoms with van der Waals surface area (Å²) < 4.78 is 3.23. The first-order valence-electron chi connectivity index (χ1n) is 8.50. The predicted octanol–water partition coefficient (Wildman–Crippen LogP) is 2.70. The molecule has 0 radical (unpaired) electrons. The fraction of sp³-hybridized carbons (Fsp3) is 0.200. The molecule has 26 heavy (non-hydrogen) atoms. The highest BCUT2D eigenvalue weighted by Crippen LogP contribution is 2.10. The number of benzene rings is 2. The van der Waals surface area contributed by atoms with Crippen molar-refractivity contribution in [2.45, 2.75) is 26.9 Å². The van der Waals surface area contributed by atoms with E-state index in [4.69, 9.17) is 0 Å². The summed E-state index contributed by atoms with van der Waals surface area (Å²) in [7, 11) is 0. The van der Waals surface area contributed by atoms with Crippen LogP contribution in [0.4, 0.5) is 0 Å². The maximum absolute atomic E-state index is 12.7.